The second-order valence-electron chi connectivity index (χ2n) is 5.12. The van der Waals surface area contributed by atoms with Gasteiger partial charge in [-0.1, -0.05) is 23.5 Å². The molecule has 0 saturated heterocycles. The van der Waals surface area contributed by atoms with E-state index in [2.05, 4.69) is 19.8 Å². The Bertz CT molecular complexity index is 1050. The first-order chi connectivity index (χ1) is 12.0. The molecule has 3 aromatic rings. The quantitative estimate of drug-likeness (QED) is 0.435. The monoisotopic (exact) mass is 355 g/mol. The first kappa shape index (κ1) is 16.6. The number of hydrogen-bond acceptors (Lipinski definition) is 7. The average molecular weight is 355 g/mol. The van der Waals surface area contributed by atoms with E-state index >= 15 is 0 Å². The number of rotatable bonds is 4. The highest BCUT2D eigenvalue weighted by molar-refractivity contribution is 7.20. The molecule has 8 nitrogen and oxygen atoms in total. The first-order valence-corrected chi connectivity index (χ1v) is 8.07. The summed E-state index contributed by atoms with van der Waals surface area (Å²) in [5.74, 6) is -0.510. The lowest BCUT2D eigenvalue weighted by Crippen LogP contribution is -2.19. The number of H-pyrrole nitrogens is 1. The zero-order valence-electron chi connectivity index (χ0n) is 13.4. The van der Waals surface area contributed by atoms with Crippen LogP contribution in [0.15, 0.2) is 34.1 Å². The lowest BCUT2D eigenvalue weighted by Gasteiger charge is -1.99. The number of benzene rings is 1. The van der Waals surface area contributed by atoms with E-state index in [1.165, 1.54) is 30.1 Å². The molecule has 126 valence electrons. The molecule has 0 aliphatic carbocycles. The van der Waals surface area contributed by atoms with Crippen LogP contribution in [0.25, 0.3) is 15.3 Å². The molecular weight excluding hydrogens is 342 g/mol. The maximum absolute atomic E-state index is 12.8. The predicted octanol–water partition coefficient (Wildman–Crippen LogP) is 1.78. The van der Waals surface area contributed by atoms with Gasteiger partial charge in [-0.25, -0.2) is 4.98 Å². The molecule has 1 aromatic carbocycles. The van der Waals surface area contributed by atoms with Crippen molar-refractivity contribution in [3.05, 3.63) is 45.9 Å². The molecular formula is C16H13N5O3S. The van der Waals surface area contributed by atoms with Crippen molar-refractivity contribution in [1.29, 1.82) is 5.26 Å². The fourth-order valence-corrected chi connectivity index (χ4v) is 3.35. The van der Waals surface area contributed by atoms with Crippen LogP contribution in [0.5, 0.6) is 0 Å². The van der Waals surface area contributed by atoms with E-state index in [0.717, 1.165) is 10.2 Å². The molecule has 9 heteroatoms. The van der Waals surface area contributed by atoms with E-state index in [1.54, 1.807) is 6.19 Å². The summed E-state index contributed by atoms with van der Waals surface area (Å²) in [6.45, 7) is 1.54. The minimum absolute atomic E-state index is 0.142. The molecule has 0 spiro atoms. The van der Waals surface area contributed by atoms with Gasteiger partial charge in [-0.3, -0.25) is 14.7 Å². The highest BCUT2D eigenvalue weighted by Crippen LogP contribution is 2.23. The van der Waals surface area contributed by atoms with Gasteiger partial charge in [0.15, 0.2) is 0 Å². The number of esters is 1. The number of nitriles is 1. The van der Waals surface area contributed by atoms with Gasteiger partial charge in [0, 0.05) is 0 Å². The second-order valence-corrected chi connectivity index (χ2v) is 6.13. The van der Waals surface area contributed by atoms with E-state index in [1.807, 2.05) is 24.3 Å². The van der Waals surface area contributed by atoms with Crippen LogP contribution in [0.3, 0.4) is 0 Å². The minimum Gasteiger partial charge on any atom is -0.469 e. The van der Waals surface area contributed by atoms with Crippen LogP contribution in [0.4, 0.5) is 0 Å². The Balaban J connectivity index is 2.19. The molecule has 0 radical (unpaired) electrons. The normalized spacial score (nSPS) is 11.5. The van der Waals surface area contributed by atoms with Gasteiger partial charge < -0.3 is 4.74 Å². The summed E-state index contributed by atoms with van der Waals surface area (Å²) in [5.41, 5.74) is 1.07. The minimum atomic E-state index is -0.510. The number of carbonyl (C=O) groups excluding carboxylic acids is 1. The van der Waals surface area contributed by atoms with Crippen LogP contribution in [-0.4, -0.2) is 33.6 Å². The summed E-state index contributed by atoms with van der Waals surface area (Å²) in [4.78, 5) is 32.5. The third-order valence-electron chi connectivity index (χ3n) is 3.57. The Morgan fingerprint density at radius 1 is 1.48 bits per heavy atom. The Labute approximate surface area is 146 Å². The lowest BCUT2D eigenvalue weighted by molar-refractivity contribution is -0.139. The number of nitrogens with zero attached hydrogens (tertiary/aromatic N) is 4. The van der Waals surface area contributed by atoms with Gasteiger partial charge in [-0.05, 0) is 19.1 Å². The molecule has 0 saturated carbocycles. The number of methoxy groups -OCH3 is 1. The lowest BCUT2D eigenvalue weighted by atomic mass is 10.1. The van der Waals surface area contributed by atoms with Crippen molar-refractivity contribution >= 4 is 33.2 Å². The summed E-state index contributed by atoms with van der Waals surface area (Å²) >= 11 is 1.34. The van der Waals surface area contributed by atoms with Gasteiger partial charge in [-0.15, -0.1) is 0 Å². The van der Waals surface area contributed by atoms with Crippen LogP contribution >= 0.6 is 11.3 Å². The molecule has 0 unspecified atom stereocenters. The largest absolute Gasteiger partial charge is 0.469 e. The Kier molecular flexibility index (Phi) is 4.45. The summed E-state index contributed by atoms with van der Waals surface area (Å²) in [6, 6.07) is 7.51. The maximum atomic E-state index is 12.8. The van der Waals surface area contributed by atoms with Crippen LogP contribution in [0.1, 0.15) is 18.2 Å². The number of carbonyl (C=O) groups is 1. The number of hydrogen-bond donors (Lipinski definition) is 1. The van der Waals surface area contributed by atoms with Crippen molar-refractivity contribution in [3.8, 4) is 11.3 Å². The van der Waals surface area contributed by atoms with Gasteiger partial charge in [0.1, 0.15) is 0 Å². The maximum Gasteiger partial charge on any atom is 0.311 e. The number of thiazole rings is 1. The summed E-state index contributed by atoms with van der Waals surface area (Å²) in [5, 5.41) is 12.1. The SMILES string of the molecule is COC(=O)Cc1[nH]n(-c2nc3ccccc3s2)c(=O)c1C(C)=NC#N. The molecule has 2 heterocycles. The highest BCUT2D eigenvalue weighted by atomic mass is 32.1. The number of aliphatic imine (C=N–C) groups is 1. The van der Waals surface area contributed by atoms with Crippen molar-refractivity contribution in [1.82, 2.24) is 14.8 Å². The van der Waals surface area contributed by atoms with Crippen molar-refractivity contribution in [2.45, 2.75) is 13.3 Å². The molecule has 0 amide bonds. The number of nitrogens with one attached hydrogen (secondary N) is 1. The summed E-state index contributed by atoms with van der Waals surface area (Å²) in [7, 11) is 1.26. The third-order valence-corrected chi connectivity index (χ3v) is 4.59. The predicted molar refractivity (Wildman–Crippen MR) is 93.1 cm³/mol. The Morgan fingerprint density at radius 2 is 2.24 bits per heavy atom. The zero-order valence-corrected chi connectivity index (χ0v) is 14.3. The molecule has 0 aliphatic rings. The van der Waals surface area contributed by atoms with Crippen LogP contribution < -0.4 is 5.56 Å². The van der Waals surface area contributed by atoms with Crippen LogP contribution in [0.2, 0.25) is 0 Å². The summed E-state index contributed by atoms with van der Waals surface area (Å²) < 4.78 is 6.85. The number of para-hydroxylation sites is 1. The molecule has 3 rings (SSSR count). The molecule has 0 aliphatic heterocycles. The standard InChI is InChI=1S/C16H13N5O3S/c1-9(18-8-17)14-11(7-13(22)24-2)20-21(15(14)23)16-19-10-5-3-4-6-12(10)25-16/h3-6,20H,7H2,1-2H3. The van der Waals surface area contributed by atoms with E-state index in [-0.39, 0.29) is 17.7 Å². The van der Waals surface area contributed by atoms with Gasteiger partial charge in [0.2, 0.25) is 11.3 Å². The molecule has 0 bridgehead atoms. The third kappa shape index (κ3) is 3.07. The average Bonchev–Trinajstić information content (AvgIpc) is 3.15. The zero-order chi connectivity index (χ0) is 18.0. The van der Waals surface area contributed by atoms with Crippen molar-refractivity contribution < 1.29 is 9.53 Å². The molecule has 25 heavy (non-hydrogen) atoms. The Morgan fingerprint density at radius 3 is 2.92 bits per heavy atom. The van der Waals surface area contributed by atoms with E-state index in [4.69, 9.17) is 5.26 Å². The van der Waals surface area contributed by atoms with Gasteiger partial charge in [0.05, 0.1) is 40.7 Å². The van der Waals surface area contributed by atoms with Crippen LogP contribution in [0, 0.1) is 11.5 Å². The second kappa shape index (κ2) is 6.70. The number of aromatic amines is 1. The number of aromatic nitrogens is 3. The highest BCUT2D eigenvalue weighted by Gasteiger charge is 2.21. The molecule has 1 N–H and O–H groups in total. The van der Waals surface area contributed by atoms with E-state index in [9.17, 15) is 9.59 Å². The number of ether oxygens (including phenoxy) is 1. The van der Waals surface area contributed by atoms with Crippen molar-refractivity contribution in [3.63, 3.8) is 0 Å². The van der Waals surface area contributed by atoms with Crippen molar-refractivity contribution in [2.75, 3.05) is 7.11 Å². The molecule has 0 fully saturated rings. The molecule has 2 aromatic heterocycles. The first-order valence-electron chi connectivity index (χ1n) is 7.25. The molecule has 0 atom stereocenters. The smallest absolute Gasteiger partial charge is 0.311 e. The van der Waals surface area contributed by atoms with Crippen LogP contribution in [-0.2, 0) is 16.0 Å². The van der Waals surface area contributed by atoms with Gasteiger partial charge >= 0.3 is 5.97 Å². The van der Waals surface area contributed by atoms with E-state index in [0.29, 0.717) is 10.8 Å². The topological polar surface area (TPSA) is 113 Å². The van der Waals surface area contributed by atoms with Gasteiger partial charge in [0.25, 0.3) is 5.56 Å². The number of fused-ring (bicyclic) bond motifs is 1. The summed E-state index contributed by atoms with van der Waals surface area (Å²) in [6.07, 6.45) is 1.51. The Hall–Kier alpha value is -3.25. The van der Waals surface area contributed by atoms with E-state index < -0.39 is 11.5 Å². The fraction of sp³-hybridized carbons (Fsp3) is 0.188. The van der Waals surface area contributed by atoms with Gasteiger partial charge in [-0.2, -0.15) is 14.9 Å². The van der Waals surface area contributed by atoms with Crippen molar-refractivity contribution in [2.24, 2.45) is 4.99 Å². The fourth-order valence-electron chi connectivity index (χ4n) is 2.42.